The monoisotopic (exact) mass is 369 g/mol. The van der Waals surface area contributed by atoms with Gasteiger partial charge in [0, 0.05) is 26.8 Å². The summed E-state index contributed by atoms with van der Waals surface area (Å²) in [5.74, 6) is 1.52. The van der Waals surface area contributed by atoms with Crippen molar-refractivity contribution < 1.29 is 9.47 Å². The van der Waals surface area contributed by atoms with E-state index < -0.39 is 0 Å². The number of methoxy groups -OCH3 is 2. The van der Waals surface area contributed by atoms with E-state index in [1.54, 1.807) is 14.2 Å². The average molecular weight is 370 g/mol. The SMILES string of the molecule is COc1ccc(C(C)NCc2cc(Br)c(C)s2)cc1OC. The third-order valence-corrected chi connectivity index (χ3v) is 5.53. The number of hydrogen-bond acceptors (Lipinski definition) is 4. The van der Waals surface area contributed by atoms with E-state index in [2.05, 4.69) is 47.2 Å². The topological polar surface area (TPSA) is 30.5 Å². The Morgan fingerprint density at radius 2 is 1.90 bits per heavy atom. The average Bonchev–Trinajstić information content (AvgIpc) is 2.82. The lowest BCUT2D eigenvalue weighted by atomic mass is 10.1. The fourth-order valence-electron chi connectivity index (χ4n) is 2.10. The number of nitrogens with one attached hydrogen (secondary N) is 1. The van der Waals surface area contributed by atoms with Crippen molar-refractivity contribution >= 4 is 27.3 Å². The highest BCUT2D eigenvalue weighted by molar-refractivity contribution is 9.10. The van der Waals surface area contributed by atoms with E-state index in [1.165, 1.54) is 19.8 Å². The maximum Gasteiger partial charge on any atom is 0.161 e. The van der Waals surface area contributed by atoms with Gasteiger partial charge in [-0.2, -0.15) is 0 Å². The molecular formula is C16H20BrNO2S. The molecule has 0 aliphatic heterocycles. The molecule has 0 saturated carbocycles. The van der Waals surface area contributed by atoms with Crippen molar-refractivity contribution in [3.63, 3.8) is 0 Å². The molecule has 114 valence electrons. The highest BCUT2D eigenvalue weighted by atomic mass is 79.9. The van der Waals surface area contributed by atoms with Crippen LogP contribution in [0.2, 0.25) is 0 Å². The van der Waals surface area contributed by atoms with Crippen LogP contribution in [0.5, 0.6) is 11.5 Å². The second kappa shape index (κ2) is 7.29. The Balaban J connectivity index is 2.04. The van der Waals surface area contributed by atoms with Crippen molar-refractivity contribution in [2.45, 2.75) is 26.4 Å². The van der Waals surface area contributed by atoms with Gasteiger partial charge in [-0.05, 0) is 53.5 Å². The molecule has 2 rings (SSSR count). The summed E-state index contributed by atoms with van der Waals surface area (Å²) in [6.45, 7) is 5.12. The molecule has 1 unspecified atom stereocenters. The number of hydrogen-bond donors (Lipinski definition) is 1. The molecule has 1 atom stereocenters. The van der Waals surface area contributed by atoms with Crippen LogP contribution in [-0.2, 0) is 6.54 Å². The zero-order valence-corrected chi connectivity index (χ0v) is 15.1. The lowest BCUT2D eigenvalue weighted by molar-refractivity contribution is 0.354. The molecular weight excluding hydrogens is 350 g/mol. The highest BCUT2D eigenvalue weighted by Crippen LogP contribution is 2.30. The summed E-state index contributed by atoms with van der Waals surface area (Å²) in [7, 11) is 3.31. The molecule has 5 heteroatoms. The Kier molecular flexibility index (Phi) is 5.67. The first-order valence-electron chi connectivity index (χ1n) is 6.75. The molecule has 0 amide bonds. The van der Waals surface area contributed by atoms with E-state index >= 15 is 0 Å². The fourth-order valence-corrected chi connectivity index (χ4v) is 3.65. The number of halogens is 1. The van der Waals surface area contributed by atoms with Crippen molar-refractivity contribution in [2.24, 2.45) is 0 Å². The summed E-state index contributed by atoms with van der Waals surface area (Å²) in [5, 5.41) is 3.54. The zero-order chi connectivity index (χ0) is 15.4. The molecule has 0 radical (unpaired) electrons. The van der Waals surface area contributed by atoms with Gasteiger partial charge in [0.05, 0.1) is 14.2 Å². The van der Waals surface area contributed by atoms with Crippen LogP contribution < -0.4 is 14.8 Å². The van der Waals surface area contributed by atoms with Crippen LogP contribution in [0.4, 0.5) is 0 Å². The number of benzene rings is 1. The molecule has 0 spiro atoms. The Morgan fingerprint density at radius 1 is 1.19 bits per heavy atom. The van der Waals surface area contributed by atoms with Gasteiger partial charge in [0.15, 0.2) is 11.5 Å². The van der Waals surface area contributed by atoms with Crippen molar-refractivity contribution in [1.82, 2.24) is 5.32 Å². The first-order chi connectivity index (χ1) is 10.0. The molecule has 1 N–H and O–H groups in total. The van der Waals surface area contributed by atoms with Gasteiger partial charge in [-0.15, -0.1) is 11.3 Å². The highest BCUT2D eigenvalue weighted by Gasteiger charge is 2.11. The summed E-state index contributed by atoms with van der Waals surface area (Å²) in [4.78, 5) is 2.64. The van der Waals surface area contributed by atoms with Gasteiger partial charge < -0.3 is 14.8 Å². The zero-order valence-electron chi connectivity index (χ0n) is 12.7. The number of rotatable bonds is 6. The smallest absolute Gasteiger partial charge is 0.161 e. The van der Waals surface area contributed by atoms with Gasteiger partial charge in [-0.3, -0.25) is 0 Å². The molecule has 0 saturated heterocycles. The maximum atomic E-state index is 5.35. The quantitative estimate of drug-likeness (QED) is 0.801. The Bertz CT molecular complexity index is 593. The van der Waals surface area contributed by atoms with Crippen LogP contribution in [0.3, 0.4) is 0 Å². The minimum absolute atomic E-state index is 0.242. The van der Waals surface area contributed by atoms with E-state index in [0.717, 1.165) is 18.0 Å². The standard InChI is InChI=1S/C16H20BrNO2S/c1-10(18-9-13-8-14(17)11(2)21-13)12-5-6-15(19-3)16(7-12)20-4/h5-8,10,18H,9H2,1-4H3. The predicted octanol–water partition coefficient (Wildman–Crippen LogP) is 4.69. The first kappa shape index (κ1) is 16.3. The second-order valence-corrected chi connectivity index (χ2v) is 7.03. The van der Waals surface area contributed by atoms with Crippen LogP contribution in [0.1, 0.15) is 28.3 Å². The first-order valence-corrected chi connectivity index (χ1v) is 8.36. The molecule has 3 nitrogen and oxygen atoms in total. The normalized spacial score (nSPS) is 12.2. The Hall–Kier alpha value is -1.04. The maximum absolute atomic E-state index is 5.35. The van der Waals surface area contributed by atoms with Crippen molar-refractivity contribution in [3.8, 4) is 11.5 Å². The van der Waals surface area contributed by atoms with Crippen LogP contribution in [-0.4, -0.2) is 14.2 Å². The molecule has 0 aliphatic carbocycles. The summed E-state index contributed by atoms with van der Waals surface area (Å²) >= 11 is 5.37. The predicted molar refractivity (Wildman–Crippen MR) is 91.6 cm³/mol. The molecule has 0 fully saturated rings. The van der Waals surface area contributed by atoms with Gasteiger partial charge in [0.2, 0.25) is 0 Å². The van der Waals surface area contributed by atoms with E-state index in [0.29, 0.717) is 0 Å². The summed E-state index contributed by atoms with van der Waals surface area (Å²) in [6.07, 6.45) is 0. The number of aryl methyl sites for hydroxylation is 1. The van der Waals surface area contributed by atoms with Crippen molar-refractivity contribution in [1.29, 1.82) is 0 Å². The van der Waals surface area contributed by atoms with Crippen LogP contribution in [0, 0.1) is 6.92 Å². The summed E-state index contributed by atoms with van der Waals surface area (Å²) in [5.41, 5.74) is 1.18. The van der Waals surface area contributed by atoms with Crippen LogP contribution in [0.15, 0.2) is 28.7 Å². The third-order valence-electron chi connectivity index (χ3n) is 3.40. The molecule has 0 bridgehead atoms. The van der Waals surface area contributed by atoms with Crippen LogP contribution >= 0.6 is 27.3 Å². The van der Waals surface area contributed by atoms with Gasteiger partial charge in [-0.1, -0.05) is 6.07 Å². The van der Waals surface area contributed by atoms with E-state index in [-0.39, 0.29) is 6.04 Å². The van der Waals surface area contributed by atoms with E-state index in [9.17, 15) is 0 Å². The molecule has 21 heavy (non-hydrogen) atoms. The molecule has 2 aromatic rings. The van der Waals surface area contributed by atoms with Gasteiger partial charge >= 0.3 is 0 Å². The Morgan fingerprint density at radius 3 is 2.48 bits per heavy atom. The van der Waals surface area contributed by atoms with Gasteiger partial charge in [0.1, 0.15) is 0 Å². The van der Waals surface area contributed by atoms with Crippen LogP contribution in [0.25, 0.3) is 0 Å². The van der Waals surface area contributed by atoms with Gasteiger partial charge in [0.25, 0.3) is 0 Å². The largest absolute Gasteiger partial charge is 0.493 e. The third kappa shape index (κ3) is 3.99. The lowest BCUT2D eigenvalue weighted by Crippen LogP contribution is -2.17. The minimum atomic E-state index is 0.242. The van der Waals surface area contributed by atoms with Crippen molar-refractivity contribution in [2.75, 3.05) is 14.2 Å². The Labute approximate surface area is 138 Å². The van der Waals surface area contributed by atoms with Crippen molar-refractivity contribution in [3.05, 3.63) is 44.1 Å². The summed E-state index contributed by atoms with van der Waals surface area (Å²) in [6, 6.07) is 8.44. The molecule has 0 aliphatic rings. The van der Waals surface area contributed by atoms with Gasteiger partial charge in [-0.25, -0.2) is 0 Å². The molecule has 1 aromatic heterocycles. The molecule has 1 aromatic carbocycles. The number of ether oxygens (including phenoxy) is 2. The number of thiophene rings is 1. The fraction of sp³-hybridized carbons (Fsp3) is 0.375. The summed E-state index contributed by atoms with van der Waals surface area (Å²) < 4.78 is 11.8. The van der Waals surface area contributed by atoms with E-state index in [4.69, 9.17) is 9.47 Å². The second-order valence-electron chi connectivity index (χ2n) is 4.83. The molecule has 1 heterocycles. The lowest BCUT2D eigenvalue weighted by Gasteiger charge is -2.16. The minimum Gasteiger partial charge on any atom is -0.493 e. The van der Waals surface area contributed by atoms with E-state index in [1.807, 2.05) is 23.5 Å².